The number of fused-ring (bicyclic) bond motifs is 2. The number of benzene rings is 4. The molecule has 0 aromatic heterocycles. The van der Waals surface area contributed by atoms with Gasteiger partial charge in [-0.3, -0.25) is 0 Å². The van der Waals surface area contributed by atoms with Gasteiger partial charge in [0, 0.05) is 49.3 Å². The summed E-state index contributed by atoms with van der Waals surface area (Å²) in [5, 5.41) is 4.98. The smallest absolute Gasteiger partial charge is 0.0445 e. The van der Waals surface area contributed by atoms with Crippen LogP contribution in [0.2, 0.25) is 0 Å². The fourth-order valence-corrected chi connectivity index (χ4v) is 4.11. The van der Waals surface area contributed by atoms with E-state index in [2.05, 4.69) is 111 Å². The normalized spacial score (nSPS) is 11.1. The molecule has 0 aliphatic heterocycles. The highest BCUT2D eigenvalue weighted by atomic mass is 15.1. The van der Waals surface area contributed by atoms with Crippen molar-refractivity contribution in [3.8, 4) is 11.1 Å². The summed E-state index contributed by atoms with van der Waals surface area (Å²) in [6.07, 6.45) is 0. The van der Waals surface area contributed by atoms with Crippen LogP contribution < -0.4 is 9.80 Å². The third-order valence-electron chi connectivity index (χ3n) is 5.54. The van der Waals surface area contributed by atoms with E-state index in [1.165, 1.54) is 33.1 Å². The molecule has 0 bridgehead atoms. The molecule has 141 valence electrons. The van der Waals surface area contributed by atoms with Gasteiger partial charge in [0.1, 0.15) is 0 Å². The summed E-state index contributed by atoms with van der Waals surface area (Å²) < 4.78 is 0. The molecule has 0 aliphatic carbocycles. The Bertz CT molecular complexity index is 1120. The first-order valence-electron chi connectivity index (χ1n) is 10.0. The Morgan fingerprint density at radius 2 is 1.36 bits per heavy atom. The van der Waals surface area contributed by atoms with Crippen LogP contribution in [0.4, 0.5) is 11.4 Å². The zero-order valence-electron chi connectivity index (χ0n) is 17.2. The lowest BCUT2D eigenvalue weighted by Gasteiger charge is -2.23. The summed E-state index contributed by atoms with van der Waals surface area (Å²) in [4.78, 5) is 4.57. The van der Waals surface area contributed by atoms with E-state index in [-0.39, 0.29) is 0 Å². The van der Waals surface area contributed by atoms with Gasteiger partial charge in [-0.15, -0.1) is 0 Å². The van der Waals surface area contributed by atoms with Crippen molar-refractivity contribution >= 4 is 32.9 Å². The van der Waals surface area contributed by atoms with Crippen LogP contribution in [0, 0.1) is 6.07 Å². The van der Waals surface area contributed by atoms with E-state index in [0.717, 1.165) is 24.0 Å². The number of hydrogen-bond acceptors (Lipinski definition) is 2. The van der Waals surface area contributed by atoms with Crippen LogP contribution in [-0.4, -0.2) is 27.2 Å². The summed E-state index contributed by atoms with van der Waals surface area (Å²) >= 11 is 0. The molecule has 0 saturated heterocycles. The van der Waals surface area contributed by atoms with Crippen molar-refractivity contribution in [2.45, 2.75) is 13.8 Å². The van der Waals surface area contributed by atoms with Crippen LogP contribution in [0.25, 0.3) is 32.7 Å². The highest BCUT2D eigenvalue weighted by Crippen LogP contribution is 2.36. The van der Waals surface area contributed by atoms with Gasteiger partial charge in [-0.1, -0.05) is 54.6 Å². The van der Waals surface area contributed by atoms with Gasteiger partial charge in [0.25, 0.3) is 0 Å². The molecule has 4 aromatic rings. The Labute approximate surface area is 168 Å². The third-order valence-corrected chi connectivity index (χ3v) is 5.54. The minimum atomic E-state index is 1.01. The number of hydrogen-bond donors (Lipinski definition) is 0. The molecule has 28 heavy (non-hydrogen) atoms. The monoisotopic (exact) mass is 367 g/mol. The molecule has 0 unspecified atom stereocenters. The molecule has 0 saturated carbocycles. The van der Waals surface area contributed by atoms with Gasteiger partial charge in [-0.25, -0.2) is 0 Å². The van der Waals surface area contributed by atoms with E-state index in [1.807, 2.05) is 0 Å². The topological polar surface area (TPSA) is 6.48 Å². The zero-order valence-corrected chi connectivity index (χ0v) is 17.2. The Hall–Kier alpha value is -3.00. The van der Waals surface area contributed by atoms with Gasteiger partial charge in [0.15, 0.2) is 0 Å². The summed E-state index contributed by atoms with van der Waals surface area (Å²) in [5.41, 5.74) is 4.91. The highest BCUT2D eigenvalue weighted by Gasteiger charge is 2.11. The van der Waals surface area contributed by atoms with E-state index in [4.69, 9.17) is 0 Å². The van der Waals surface area contributed by atoms with E-state index < -0.39 is 0 Å². The standard InChI is InChI=1S/C26H27N2/c1-5-28(6-2)26-15-9-12-23-21(11-8-13-24(23)26)20-16-17-22-19(18-20)10-7-14-25(22)27(3)4/h7-17H,5-6H2,1-4H3. The average Bonchev–Trinajstić information content (AvgIpc) is 2.73. The maximum atomic E-state index is 3.67. The van der Waals surface area contributed by atoms with Crippen molar-refractivity contribution in [2.24, 2.45) is 0 Å². The first kappa shape index (κ1) is 18.4. The minimum Gasteiger partial charge on any atom is -0.377 e. The molecule has 4 aromatic carbocycles. The Morgan fingerprint density at radius 1 is 0.679 bits per heavy atom. The van der Waals surface area contributed by atoms with Crippen LogP contribution in [0.5, 0.6) is 0 Å². The lowest BCUT2D eigenvalue weighted by molar-refractivity contribution is 0.870. The van der Waals surface area contributed by atoms with Crippen molar-refractivity contribution in [2.75, 3.05) is 37.0 Å². The largest absolute Gasteiger partial charge is 0.377 e. The molecule has 2 nitrogen and oxygen atoms in total. The van der Waals surface area contributed by atoms with Gasteiger partial charge >= 0.3 is 0 Å². The maximum Gasteiger partial charge on any atom is 0.0445 e. The quantitative estimate of drug-likeness (QED) is 0.404. The summed E-state index contributed by atoms with van der Waals surface area (Å²) in [6, 6.07) is 27.8. The molecule has 0 atom stereocenters. The maximum absolute atomic E-state index is 3.67. The van der Waals surface area contributed by atoms with Crippen molar-refractivity contribution < 1.29 is 0 Å². The second-order valence-electron chi connectivity index (χ2n) is 7.35. The van der Waals surface area contributed by atoms with E-state index in [9.17, 15) is 0 Å². The molecule has 0 aliphatic rings. The predicted molar refractivity (Wildman–Crippen MR) is 124 cm³/mol. The molecule has 0 N–H and O–H groups in total. The second-order valence-corrected chi connectivity index (χ2v) is 7.35. The molecule has 0 fully saturated rings. The van der Waals surface area contributed by atoms with E-state index in [1.54, 1.807) is 0 Å². The summed E-state index contributed by atoms with van der Waals surface area (Å²) in [6.45, 7) is 6.45. The fraction of sp³-hybridized carbons (Fsp3) is 0.231. The number of anilines is 2. The van der Waals surface area contributed by atoms with Gasteiger partial charge in [-0.2, -0.15) is 0 Å². The molecule has 1 radical (unpaired) electrons. The highest BCUT2D eigenvalue weighted by molar-refractivity contribution is 6.05. The van der Waals surface area contributed by atoms with Gasteiger partial charge in [-0.05, 0) is 53.9 Å². The number of rotatable bonds is 5. The summed E-state index contributed by atoms with van der Waals surface area (Å²) in [5.74, 6) is 0. The molecule has 0 heterocycles. The van der Waals surface area contributed by atoms with Crippen LogP contribution in [0.1, 0.15) is 13.8 Å². The van der Waals surface area contributed by atoms with E-state index >= 15 is 0 Å². The van der Waals surface area contributed by atoms with Crippen LogP contribution in [0.3, 0.4) is 0 Å². The van der Waals surface area contributed by atoms with Crippen LogP contribution >= 0.6 is 0 Å². The molecule has 0 amide bonds. The minimum absolute atomic E-state index is 1.01. The molecular weight excluding hydrogens is 340 g/mol. The van der Waals surface area contributed by atoms with Gasteiger partial charge < -0.3 is 9.80 Å². The lowest BCUT2D eigenvalue weighted by Crippen LogP contribution is -2.21. The third kappa shape index (κ3) is 3.09. The van der Waals surface area contributed by atoms with E-state index in [0.29, 0.717) is 0 Å². The Balaban J connectivity index is 1.91. The predicted octanol–water partition coefficient (Wildman–Crippen LogP) is 6.37. The zero-order chi connectivity index (χ0) is 19.7. The fourth-order valence-electron chi connectivity index (χ4n) is 4.11. The van der Waals surface area contributed by atoms with Crippen molar-refractivity contribution in [1.29, 1.82) is 0 Å². The average molecular weight is 368 g/mol. The first-order chi connectivity index (χ1) is 13.6. The van der Waals surface area contributed by atoms with Crippen molar-refractivity contribution in [1.82, 2.24) is 0 Å². The summed E-state index contributed by atoms with van der Waals surface area (Å²) in [7, 11) is 4.17. The van der Waals surface area contributed by atoms with Crippen molar-refractivity contribution in [3.05, 3.63) is 72.8 Å². The second kappa shape index (κ2) is 7.55. The molecule has 2 heteroatoms. The SMILES string of the molecule is CCN(CC)c1cccc2c(-c3[c]c4cccc(N(C)C)c4cc3)cccc12. The number of nitrogens with zero attached hydrogens (tertiary/aromatic N) is 2. The van der Waals surface area contributed by atoms with Crippen LogP contribution in [-0.2, 0) is 0 Å². The Morgan fingerprint density at radius 3 is 2.11 bits per heavy atom. The van der Waals surface area contributed by atoms with Gasteiger partial charge in [0.05, 0.1) is 0 Å². The lowest BCUT2D eigenvalue weighted by atomic mass is 9.95. The first-order valence-corrected chi connectivity index (χ1v) is 10.0. The molecule has 0 spiro atoms. The van der Waals surface area contributed by atoms with Crippen LogP contribution in [0.15, 0.2) is 66.7 Å². The van der Waals surface area contributed by atoms with Crippen molar-refractivity contribution in [3.63, 3.8) is 0 Å². The molecule has 4 rings (SSSR count). The molecular formula is C26H27N2. The Kier molecular flexibility index (Phi) is 4.95. The van der Waals surface area contributed by atoms with Gasteiger partial charge in [0.2, 0.25) is 0 Å².